The number of fused-ring (bicyclic) bond motifs is 2. The summed E-state index contributed by atoms with van der Waals surface area (Å²) >= 11 is 0. The van der Waals surface area contributed by atoms with Gasteiger partial charge in [-0.25, -0.2) is 9.37 Å². The average molecular weight is 312 g/mol. The van der Waals surface area contributed by atoms with Crippen molar-refractivity contribution < 1.29 is 14.2 Å². The minimum Gasteiger partial charge on any atom is -0.479 e. The molecule has 0 fully saturated rings. The van der Waals surface area contributed by atoms with E-state index in [-0.39, 0.29) is 5.82 Å². The van der Waals surface area contributed by atoms with E-state index in [0.717, 1.165) is 16.8 Å². The Labute approximate surface area is 133 Å². The number of hydrogen-bond donors (Lipinski definition) is 1. The van der Waals surface area contributed by atoms with Crippen LogP contribution in [0.4, 0.5) is 4.39 Å². The number of halogens is 1. The molecule has 118 valence electrons. The van der Waals surface area contributed by atoms with Crippen LogP contribution >= 0.6 is 0 Å². The van der Waals surface area contributed by atoms with Crippen molar-refractivity contribution in [1.82, 2.24) is 9.38 Å². The standard InChI is InChI=1S/C18H17FN2O2/c1-11-10-21-8-2-3-16(18(21)20-11)23-17-14-6-5-13(19)9-12(14)4-7-15(17)22/h2-3,5-6,8-10,15,17,22H,4,7H2,1H3. The van der Waals surface area contributed by atoms with E-state index in [9.17, 15) is 9.50 Å². The number of aliphatic hydroxyl groups is 1. The number of hydrogen-bond acceptors (Lipinski definition) is 3. The second-order valence-corrected chi connectivity index (χ2v) is 5.97. The van der Waals surface area contributed by atoms with E-state index in [1.807, 2.05) is 35.9 Å². The van der Waals surface area contributed by atoms with Crippen LogP contribution in [0.3, 0.4) is 0 Å². The van der Waals surface area contributed by atoms with Crippen LogP contribution in [-0.2, 0) is 6.42 Å². The number of aryl methyl sites for hydroxylation is 2. The maximum atomic E-state index is 13.4. The molecular weight excluding hydrogens is 295 g/mol. The van der Waals surface area contributed by atoms with E-state index < -0.39 is 12.2 Å². The summed E-state index contributed by atoms with van der Waals surface area (Å²) in [7, 11) is 0. The molecule has 4 nitrogen and oxygen atoms in total. The predicted octanol–water partition coefficient (Wildman–Crippen LogP) is 3.21. The largest absolute Gasteiger partial charge is 0.479 e. The van der Waals surface area contributed by atoms with Crippen LogP contribution in [0, 0.1) is 12.7 Å². The highest BCUT2D eigenvalue weighted by molar-refractivity contribution is 5.54. The highest BCUT2D eigenvalue weighted by atomic mass is 19.1. The predicted molar refractivity (Wildman–Crippen MR) is 84.0 cm³/mol. The molecule has 2 heterocycles. The van der Waals surface area contributed by atoms with Gasteiger partial charge in [0.15, 0.2) is 11.4 Å². The Morgan fingerprint density at radius 1 is 1.35 bits per heavy atom. The molecule has 1 N–H and O–H groups in total. The lowest BCUT2D eigenvalue weighted by Gasteiger charge is -2.30. The highest BCUT2D eigenvalue weighted by Crippen LogP contribution is 2.35. The fourth-order valence-corrected chi connectivity index (χ4v) is 3.21. The van der Waals surface area contributed by atoms with Gasteiger partial charge in [-0.05, 0) is 55.2 Å². The van der Waals surface area contributed by atoms with Gasteiger partial charge in [-0.15, -0.1) is 0 Å². The number of imidazole rings is 1. The van der Waals surface area contributed by atoms with Gasteiger partial charge in [-0.2, -0.15) is 0 Å². The third kappa shape index (κ3) is 2.47. The van der Waals surface area contributed by atoms with Crippen molar-refractivity contribution in [2.75, 3.05) is 0 Å². The van der Waals surface area contributed by atoms with Crippen LogP contribution in [0.2, 0.25) is 0 Å². The van der Waals surface area contributed by atoms with Gasteiger partial charge in [0, 0.05) is 12.4 Å². The number of aliphatic hydroxyl groups excluding tert-OH is 1. The van der Waals surface area contributed by atoms with Crippen molar-refractivity contribution in [3.8, 4) is 5.75 Å². The van der Waals surface area contributed by atoms with Crippen LogP contribution in [0.25, 0.3) is 5.65 Å². The monoisotopic (exact) mass is 312 g/mol. The molecule has 0 aliphatic heterocycles. The maximum absolute atomic E-state index is 13.4. The van der Waals surface area contributed by atoms with Crippen LogP contribution in [0.1, 0.15) is 29.3 Å². The van der Waals surface area contributed by atoms with Gasteiger partial charge in [0.25, 0.3) is 0 Å². The molecule has 0 amide bonds. The van der Waals surface area contributed by atoms with Gasteiger partial charge in [0.1, 0.15) is 11.9 Å². The molecule has 1 aliphatic carbocycles. The quantitative estimate of drug-likeness (QED) is 0.790. The van der Waals surface area contributed by atoms with Crippen molar-refractivity contribution in [2.45, 2.75) is 32.0 Å². The fraction of sp³-hybridized carbons (Fsp3) is 0.278. The normalized spacial score (nSPS) is 20.5. The Morgan fingerprint density at radius 2 is 2.22 bits per heavy atom. The highest BCUT2D eigenvalue weighted by Gasteiger charge is 2.30. The Hall–Kier alpha value is -2.40. The Morgan fingerprint density at radius 3 is 3.09 bits per heavy atom. The van der Waals surface area contributed by atoms with Crippen molar-refractivity contribution in [2.24, 2.45) is 0 Å². The first kappa shape index (κ1) is 14.2. The molecule has 2 unspecified atom stereocenters. The lowest BCUT2D eigenvalue weighted by atomic mass is 9.87. The zero-order valence-electron chi connectivity index (χ0n) is 12.7. The minimum atomic E-state index is -0.621. The van der Waals surface area contributed by atoms with E-state index in [0.29, 0.717) is 24.2 Å². The van der Waals surface area contributed by atoms with Crippen molar-refractivity contribution in [3.05, 3.63) is 65.4 Å². The molecule has 3 aromatic rings. The van der Waals surface area contributed by atoms with Crippen molar-refractivity contribution in [3.63, 3.8) is 0 Å². The molecule has 23 heavy (non-hydrogen) atoms. The molecule has 0 spiro atoms. The molecule has 2 atom stereocenters. The van der Waals surface area contributed by atoms with Gasteiger partial charge in [0.2, 0.25) is 0 Å². The summed E-state index contributed by atoms with van der Waals surface area (Å²) in [6.45, 7) is 1.92. The lowest BCUT2D eigenvalue weighted by molar-refractivity contribution is 0.0233. The number of nitrogens with zero attached hydrogens (tertiary/aromatic N) is 2. The Kier molecular flexibility index (Phi) is 3.31. The summed E-state index contributed by atoms with van der Waals surface area (Å²) in [5.41, 5.74) is 3.35. The number of benzene rings is 1. The van der Waals surface area contributed by atoms with Gasteiger partial charge in [-0.1, -0.05) is 6.07 Å². The maximum Gasteiger partial charge on any atom is 0.179 e. The molecule has 1 aliphatic rings. The van der Waals surface area contributed by atoms with Crippen LogP contribution in [0.15, 0.2) is 42.7 Å². The molecule has 1 aromatic carbocycles. The van der Waals surface area contributed by atoms with Gasteiger partial charge >= 0.3 is 0 Å². The van der Waals surface area contributed by atoms with Gasteiger partial charge < -0.3 is 14.2 Å². The van der Waals surface area contributed by atoms with E-state index >= 15 is 0 Å². The molecule has 0 radical (unpaired) electrons. The lowest BCUT2D eigenvalue weighted by Crippen LogP contribution is -2.29. The first-order chi connectivity index (χ1) is 11.1. The van der Waals surface area contributed by atoms with Crippen molar-refractivity contribution in [1.29, 1.82) is 0 Å². The first-order valence-electron chi connectivity index (χ1n) is 7.69. The van der Waals surface area contributed by atoms with E-state index in [1.165, 1.54) is 12.1 Å². The topological polar surface area (TPSA) is 46.8 Å². The third-order valence-corrected chi connectivity index (χ3v) is 4.29. The zero-order chi connectivity index (χ0) is 16.0. The number of pyridine rings is 1. The summed E-state index contributed by atoms with van der Waals surface area (Å²) < 4.78 is 21.4. The van der Waals surface area contributed by atoms with E-state index in [1.54, 1.807) is 6.07 Å². The van der Waals surface area contributed by atoms with E-state index in [4.69, 9.17) is 4.74 Å². The molecule has 0 bridgehead atoms. The van der Waals surface area contributed by atoms with Crippen LogP contribution in [-0.4, -0.2) is 20.6 Å². The fourth-order valence-electron chi connectivity index (χ4n) is 3.21. The second kappa shape index (κ2) is 5.35. The molecule has 5 heteroatoms. The summed E-state index contributed by atoms with van der Waals surface area (Å²) in [4.78, 5) is 4.47. The number of aromatic nitrogens is 2. The zero-order valence-corrected chi connectivity index (χ0v) is 12.7. The summed E-state index contributed by atoms with van der Waals surface area (Å²) in [5, 5.41) is 10.4. The SMILES string of the molecule is Cc1cn2cccc(OC3c4ccc(F)cc4CCC3O)c2n1. The molecular formula is C18H17FN2O2. The molecule has 2 aromatic heterocycles. The average Bonchev–Trinajstić information content (AvgIpc) is 2.91. The van der Waals surface area contributed by atoms with Crippen molar-refractivity contribution >= 4 is 5.65 Å². The number of rotatable bonds is 2. The van der Waals surface area contributed by atoms with Gasteiger partial charge in [0.05, 0.1) is 11.8 Å². The molecule has 0 saturated heterocycles. The van der Waals surface area contributed by atoms with Crippen LogP contribution < -0.4 is 4.74 Å². The smallest absolute Gasteiger partial charge is 0.179 e. The molecule has 4 rings (SSSR count). The second-order valence-electron chi connectivity index (χ2n) is 5.97. The molecule has 0 saturated carbocycles. The number of ether oxygens (including phenoxy) is 1. The summed E-state index contributed by atoms with van der Waals surface area (Å²) in [6, 6.07) is 8.36. The first-order valence-corrected chi connectivity index (χ1v) is 7.69. The third-order valence-electron chi connectivity index (χ3n) is 4.29. The summed E-state index contributed by atoms with van der Waals surface area (Å²) in [5.74, 6) is 0.353. The van der Waals surface area contributed by atoms with Crippen LogP contribution in [0.5, 0.6) is 5.75 Å². The Balaban J connectivity index is 1.75. The van der Waals surface area contributed by atoms with Gasteiger partial charge in [-0.3, -0.25) is 0 Å². The van der Waals surface area contributed by atoms with E-state index in [2.05, 4.69) is 4.98 Å². The Bertz CT molecular complexity index is 875. The summed E-state index contributed by atoms with van der Waals surface area (Å²) in [6.07, 6.45) is 3.90. The minimum absolute atomic E-state index is 0.259.